The number of benzene rings is 1. The van der Waals surface area contributed by atoms with Gasteiger partial charge >= 0.3 is 0 Å². The lowest BCUT2D eigenvalue weighted by Gasteiger charge is -2.19. The number of hydrogen-bond donors (Lipinski definition) is 1. The first-order valence-corrected chi connectivity index (χ1v) is 9.32. The topological polar surface area (TPSA) is 79.4 Å². The molecule has 24 heavy (non-hydrogen) atoms. The summed E-state index contributed by atoms with van der Waals surface area (Å²) in [6, 6.07) is 10.3. The van der Waals surface area contributed by atoms with Gasteiger partial charge in [0.15, 0.2) is 0 Å². The first kappa shape index (κ1) is 17.9. The van der Waals surface area contributed by atoms with E-state index in [9.17, 15) is 13.2 Å². The van der Waals surface area contributed by atoms with Gasteiger partial charge < -0.3 is 4.90 Å². The number of anilines is 1. The van der Waals surface area contributed by atoms with Crippen LogP contribution >= 0.6 is 0 Å². The van der Waals surface area contributed by atoms with Gasteiger partial charge in [0.2, 0.25) is 10.0 Å². The Morgan fingerprint density at radius 1 is 1.17 bits per heavy atom. The van der Waals surface area contributed by atoms with Crippen LogP contribution in [-0.4, -0.2) is 37.0 Å². The van der Waals surface area contributed by atoms with Gasteiger partial charge in [0.25, 0.3) is 5.91 Å². The third-order valence-electron chi connectivity index (χ3n) is 3.41. The number of para-hydroxylation sites is 1. The fourth-order valence-electron chi connectivity index (χ4n) is 2.29. The third-order valence-corrected chi connectivity index (χ3v) is 4.89. The minimum Gasteiger partial charge on any atom is -0.337 e. The van der Waals surface area contributed by atoms with Gasteiger partial charge in [-0.2, -0.15) is 0 Å². The maximum absolute atomic E-state index is 12.7. The van der Waals surface area contributed by atoms with Gasteiger partial charge in [0, 0.05) is 26.0 Å². The molecule has 1 aromatic carbocycles. The van der Waals surface area contributed by atoms with E-state index in [0.29, 0.717) is 24.2 Å². The van der Waals surface area contributed by atoms with Crippen molar-refractivity contribution in [2.75, 3.05) is 17.5 Å². The minimum atomic E-state index is -3.45. The van der Waals surface area contributed by atoms with E-state index < -0.39 is 10.0 Å². The number of amides is 1. The zero-order chi connectivity index (χ0) is 17.6. The van der Waals surface area contributed by atoms with Crippen LogP contribution in [0.4, 0.5) is 5.69 Å². The van der Waals surface area contributed by atoms with Crippen LogP contribution in [-0.2, 0) is 16.6 Å². The molecule has 0 fully saturated rings. The van der Waals surface area contributed by atoms with Crippen molar-refractivity contribution in [3.05, 3.63) is 59.9 Å². The molecule has 0 aliphatic rings. The van der Waals surface area contributed by atoms with Crippen LogP contribution in [0.25, 0.3) is 0 Å². The average Bonchev–Trinajstić information content (AvgIpc) is 2.55. The Morgan fingerprint density at radius 2 is 1.83 bits per heavy atom. The van der Waals surface area contributed by atoms with Gasteiger partial charge in [-0.25, -0.2) is 8.42 Å². The van der Waals surface area contributed by atoms with Gasteiger partial charge in [0.1, 0.15) is 0 Å². The first-order chi connectivity index (χ1) is 11.4. The zero-order valence-electron chi connectivity index (χ0n) is 13.8. The number of sulfonamides is 1. The molecule has 0 radical (unpaired) electrons. The second-order valence-corrected chi connectivity index (χ2v) is 7.33. The molecule has 2 rings (SSSR count). The molecule has 0 unspecified atom stereocenters. The lowest BCUT2D eigenvalue weighted by atomic mass is 10.1. The van der Waals surface area contributed by atoms with Crippen LogP contribution in [0.15, 0.2) is 48.8 Å². The van der Waals surface area contributed by atoms with Crippen molar-refractivity contribution in [1.82, 2.24) is 9.88 Å². The van der Waals surface area contributed by atoms with Crippen molar-refractivity contribution in [2.24, 2.45) is 0 Å². The summed E-state index contributed by atoms with van der Waals surface area (Å²) in [5, 5.41) is 0. The quantitative estimate of drug-likeness (QED) is 0.834. The molecule has 1 aromatic heterocycles. The largest absolute Gasteiger partial charge is 0.337 e. The molecule has 1 heterocycles. The Morgan fingerprint density at radius 3 is 2.50 bits per heavy atom. The van der Waals surface area contributed by atoms with Crippen LogP contribution < -0.4 is 4.72 Å². The molecule has 0 bridgehead atoms. The highest BCUT2D eigenvalue weighted by Gasteiger charge is 2.18. The highest BCUT2D eigenvalue weighted by atomic mass is 32.2. The van der Waals surface area contributed by atoms with Gasteiger partial charge in [-0.1, -0.05) is 19.1 Å². The van der Waals surface area contributed by atoms with Crippen LogP contribution in [0, 0.1) is 0 Å². The zero-order valence-corrected chi connectivity index (χ0v) is 14.6. The normalized spacial score (nSPS) is 11.1. The summed E-state index contributed by atoms with van der Waals surface area (Å²) in [6.45, 7) is 2.20. The lowest BCUT2D eigenvalue weighted by Crippen LogP contribution is -2.28. The smallest absolute Gasteiger partial charge is 0.256 e. The van der Waals surface area contributed by atoms with Gasteiger partial charge in [-0.05, 0) is 36.2 Å². The predicted molar refractivity (Wildman–Crippen MR) is 94.2 cm³/mol. The van der Waals surface area contributed by atoms with Crippen LogP contribution in [0.2, 0.25) is 0 Å². The Hall–Kier alpha value is -2.41. The Bertz CT molecular complexity index is 792. The van der Waals surface area contributed by atoms with Crippen molar-refractivity contribution >= 4 is 21.6 Å². The summed E-state index contributed by atoms with van der Waals surface area (Å²) >= 11 is 0. The second-order valence-electron chi connectivity index (χ2n) is 5.48. The number of pyridine rings is 1. The van der Waals surface area contributed by atoms with E-state index >= 15 is 0 Å². The predicted octanol–water partition coefficient (Wildman–Crippen LogP) is 2.51. The maximum atomic E-state index is 12.7. The number of aromatic nitrogens is 1. The van der Waals surface area contributed by atoms with Crippen molar-refractivity contribution in [2.45, 2.75) is 19.9 Å². The first-order valence-electron chi connectivity index (χ1n) is 7.67. The molecule has 0 aliphatic heterocycles. The summed E-state index contributed by atoms with van der Waals surface area (Å²) in [4.78, 5) is 18.2. The van der Waals surface area contributed by atoms with Crippen molar-refractivity contribution in [3.8, 4) is 0 Å². The summed E-state index contributed by atoms with van der Waals surface area (Å²) in [7, 11) is -1.77. The molecule has 0 atom stereocenters. The Kier molecular flexibility index (Phi) is 5.92. The van der Waals surface area contributed by atoms with E-state index in [4.69, 9.17) is 0 Å². The summed E-state index contributed by atoms with van der Waals surface area (Å²) < 4.78 is 26.5. The average molecular weight is 347 g/mol. The standard InChI is InChI=1S/C17H21N3O3S/c1-3-12-24(22,23)19-16-7-5-4-6-15(16)17(21)20(2)13-14-8-10-18-11-9-14/h4-11,19H,3,12-13H2,1-2H3. The maximum Gasteiger partial charge on any atom is 0.256 e. The van der Waals surface area contributed by atoms with E-state index in [1.807, 2.05) is 12.1 Å². The summed E-state index contributed by atoms with van der Waals surface area (Å²) in [6.07, 6.45) is 3.84. The van der Waals surface area contributed by atoms with Crippen molar-refractivity contribution in [3.63, 3.8) is 0 Å². The molecule has 1 amide bonds. The molecule has 0 saturated carbocycles. The Balaban J connectivity index is 2.20. The molecule has 0 aliphatic carbocycles. The highest BCUT2D eigenvalue weighted by Crippen LogP contribution is 2.19. The number of carbonyl (C=O) groups excluding carboxylic acids is 1. The van der Waals surface area contributed by atoms with E-state index in [1.54, 1.807) is 55.5 Å². The van der Waals surface area contributed by atoms with Crippen LogP contribution in [0.1, 0.15) is 29.3 Å². The number of hydrogen-bond acceptors (Lipinski definition) is 4. The highest BCUT2D eigenvalue weighted by molar-refractivity contribution is 7.92. The number of nitrogens with one attached hydrogen (secondary N) is 1. The van der Waals surface area contributed by atoms with Crippen molar-refractivity contribution in [1.29, 1.82) is 0 Å². The van der Waals surface area contributed by atoms with E-state index in [1.165, 1.54) is 0 Å². The number of nitrogens with zero attached hydrogens (tertiary/aromatic N) is 2. The molecular formula is C17H21N3O3S. The molecule has 1 N–H and O–H groups in total. The monoisotopic (exact) mass is 347 g/mol. The molecule has 6 nitrogen and oxygen atoms in total. The third kappa shape index (κ3) is 4.79. The van der Waals surface area contributed by atoms with Gasteiger partial charge in [-0.15, -0.1) is 0 Å². The SMILES string of the molecule is CCCS(=O)(=O)Nc1ccccc1C(=O)N(C)Cc1ccncc1. The summed E-state index contributed by atoms with van der Waals surface area (Å²) in [5.41, 5.74) is 1.58. The van der Waals surface area contributed by atoms with Gasteiger partial charge in [0.05, 0.1) is 17.0 Å². The fraction of sp³-hybridized carbons (Fsp3) is 0.294. The van der Waals surface area contributed by atoms with Gasteiger partial charge in [-0.3, -0.25) is 14.5 Å². The molecule has 0 spiro atoms. The molecule has 2 aromatic rings. The lowest BCUT2D eigenvalue weighted by molar-refractivity contribution is 0.0786. The molecule has 0 saturated heterocycles. The summed E-state index contributed by atoms with van der Waals surface area (Å²) in [5.74, 6) is -0.232. The minimum absolute atomic E-state index is 0.0162. The van der Waals surface area contributed by atoms with Crippen LogP contribution in [0.3, 0.4) is 0 Å². The van der Waals surface area contributed by atoms with Crippen LogP contribution in [0.5, 0.6) is 0 Å². The van der Waals surface area contributed by atoms with E-state index in [-0.39, 0.29) is 11.7 Å². The fourth-order valence-corrected chi connectivity index (χ4v) is 3.44. The molecular weight excluding hydrogens is 326 g/mol. The van der Waals surface area contributed by atoms with E-state index in [0.717, 1.165) is 5.56 Å². The number of rotatable bonds is 7. The number of carbonyl (C=O) groups is 1. The van der Waals surface area contributed by atoms with Crippen molar-refractivity contribution < 1.29 is 13.2 Å². The molecule has 7 heteroatoms. The second kappa shape index (κ2) is 7.92. The molecule has 128 valence electrons. The van der Waals surface area contributed by atoms with E-state index in [2.05, 4.69) is 9.71 Å². The Labute approximate surface area is 142 Å².